The topological polar surface area (TPSA) is 50.9 Å². The van der Waals surface area contributed by atoms with Gasteiger partial charge in [0, 0.05) is 12.8 Å². The molecule has 1 N–H and O–H groups in total. The van der Waals surface area contributed by atoms with Crippen LogP contribution in [-0.4, -0.2) is 34.1 Å². The molecule has 2 heterocycles. The van der Waals surface area contributed by atoms with Crippen LogP contribution in [0, 0.1) is 5.41 Å². The van der Waals surface area contributed by atoms with Crippen molar-refractivity contribution in [3.05, 3.63) is 22.6 Å². The number of nitrogens with zero attached hydrogens (tertiary/aromatic N) is 3. The van der Waals surface area contributed by atoms with E-state index in [4.69, 9.17) is 9.97 Å². The molecule has 0 saturated carbocycles. The molecule has 0 atom stereocenters. The second-order valence-corrected chi connectivity index (χ2v) is 15.8. The van der Waals surface area contributed by atoms with E-state index in [1.807, 2.05) is 0 Å². The second-order valence-electron chi connectivity index (χ2n) is 9.24. The average Bonchev–Trinajstić information content (AvgIpc) is 2.84. The lowest BCUT2D eigenvalue weighted by Crippen LogP contribution is -2.51. The first-order valence-corrected chi connectivity index (χ1v) is 12.6. The highest BCUT2D eigenvalue weighted by Crippen LogP contribution is 2.44. The van der Waals surface area contributed by atoms with E-state index in [0.29, 0.717) is 16.6 Å². The fraction of sp³-hybridized carbons (Fsp3) is 0.700. The summed E-state index contributed by atoms with van der Waals surface area (Å²) in [6, 6.07) is 0. The summed E-state index contributed by atoms with van der Waals surface area (Å²) in [7, 11) is -1.91. The van der Waals surface area contributed by atoms with Crippen molar-refractivity contribution in [1.82, 2.24) is 14.2 Å². The van der Waals surface area contributed by atoms with Crippen LogP contribution in [0.4, 0.5) is 0 Å². The highest BCUT2D eigenvalue weighted by Gasteiger charge is 2.46. The van der Waals surface area contributed by atoms with Crippen LogP contribution in [0.15, 0.2) is 17.0 Å². The first-order chi connectivity index (χ1) is 12.0. The number of aliphatic hydroxyl groups is 1. The van der Waals surface area contributed by atoms with Gasteiger partial charge in [-0.25, -0.2) is 9.97 Å². The Morgan fingerprint density at radius 2 is 1.65 bits per heavy atom. The lowest BCUT2D eigenvalue weighted by Gasteiger charge is -2.44. The van der Waals surface area contributed by atoms with E-state index in [0.717, 1.165) is 22.2 Å². The SMILES string of the molecule is CC(C)[Si](C(C)C)(C(C)C)n1cc(CC(C)(C)CO)c2nc(Br)cnc21. The Balaban J connectivity index is 2.82. The molecule has 0 aromatic carbocycles. The summed E-state index contributed by atoms with van der Waals surface area (Å²) >= 11 is 3.49. The van der Waals surface area contributed by atoms with E-state index < -0.39 is 8.24 Å². The summed E-state index contributed by atoms with van der Waals surface area (Å²) in [5.74, 6) is 0. The maximum Gasteiger partial charge on any atom is 0.171 e. The van der Waals surface area contributed by atoms with Crippen molar-refractivity contribution in [2.75, 3.05) is 6.61 Å². The number of aromatic nitrogens is 3. The van der Waals surface area contributed by atoms with Crippen LogP contribution in [0.5, 0.6) is 0 Å². The quantitative estimate of drug-likeness (QED) is 0.556. The minimum atomic E-state index is -1.91. The Labute approximate surface area is 167 Å². The highest BCUT2D eigenvalue weighted by molar-refractivity contribution is 9.10. The van der Waals surface area contributed by atoms with Crippen LogP contribution >= 0.6 is 15.9 Å². The average molecular weight is 441 g/mol. The third-order valence-electron chi connectivity index (χ3n) is 5.83. The molecule has 0 saturated heterocycles. The van der Waals surface area contributed by atoms with Crippen molar-refractivity contribution in [2.24, 2.45) is 5.41 Å². The molecule has 146 valence electrons. The van der Waals surface area contributed by atoms with Crippen molar-refractivity contribution >= 4 is 35.3 Å². The van der Waals surface area contributed by atoms with E-state index in [1.165, 1.54) is 5.56 Å². The van der Waals surface area contributed by atoms with E-state index in [2.05, 4.69) is 81.7 Å². The molecule has 0 unspecified atom stereocenters. The summed E-state index contributed by atoms with van der Waals surface area (Å²) < 4.78 is 3.28. The molecule has 6 heteroatoms. The molecule has 2 rings (SSSR count). The van der Waals surface area contributed by atoms with Gasteiger partial charge in [-0.15, -0.1) is 0 Å². The van der Waals surface area contributed by atoms with Gasteiger partial charge in [0.1, 0.15) is 10.1 Å². The van der Waals surface area contributed by atoms with Crippen LogP contribution in [0.3, 0.4) is 0 Å². The van der Waals surface area contributed by atoms with E-state index in [1.54, 1.807) is 6.20 Å². The molecule has 0 fully saturated rings. The predicted molar refractivity (Wildman–Crippen MR) is 116 cm³/mol. The van der Waals surface area contributed by atoms with Crippen LogP contribution in [-0.2, 0) is 6.42 Å². The summed E-state index contributed by atoms with van der Waals surface area (Å²) in [5, 5.41) is 9.77. The van der Waals surface area contributed by atoms with Crippen LogP contribution in [0.1, 0.15) is 61.0 Å². The first-order valence-electron chi connectivity index (χ1n) is 9.61. The van der Waals surface area contributed by atoms with Crippen molar-refractivity contribution in [3.63, 3.8) is 0 Å². The van der Waals surface area contributed by atoms with Crippen molar-refractivity contribution in [2.45, 2.75) is 78.4 Å². The lowest BCUT2D eigenvalue weighted by molar-refractivity contribution is 0.160. The monoisotopic (exact) mass is 439 g/mol. The van der Waals surface area contributed by atoms with E-state index >= 15 is 0 Å². The van der Waals surface area contributed by atoms with Gasteiger partial charge < -0.3 is 9.34 Å². The second kappa shape index (κ2) is 7.72. The Morgan fingerprint density at radius 3 is 2.12 bits per heavy atom. The Morgan fingerprint density at radius 1 is 1.12 bits per heavy atom. The molecule has 0 aliphatic carbocycles. The van der Waals surface area contributed by atoms with Gasteiger partial charge in [-0.3, -0.25) is 0 Å². The van der Waals surface area contributed by atoms with Gasteiger partial charge in [0.25, 0.3) is 0 Å². The zero-order valence-corrected chi connectivity index (χ0v) is 20.1. The van der Waals surface area contributed by atoms with Gasteiger partial charge in [0.05, 0.1) is 6.20 Å². The van der Waals surface area contributed by atoms with Gasteiger partial charge in [0.15, 0.2) is 13.9 Å². The van der Waals surface area contributed by atoms with Gasteiger partial charge >= 0.3 is 0 Å². The number of halogens is 1. The Kier molecular flexibility index (Phi) is 6.41. The van der Waals surface area contributed by atoms with Crippen molar-refractivity contribution in [3.8, 4) is 0 Å². The number of hydrogen-bond donors (Lipinski definition) is 1. The van der Waals surface area contributed by atoms with Crippen molar-refractivity contribution < 1.29 is 5.11 Å². The molecule has 4 nitrogen and oxygen atoms in total. The molecule has 0 aliphatic heterocycles. The van der Waals surface area contributed by atoms with Gasteiger partial charge in [-0.1, -0.05) is 55.4 Å². The lowest BCUT2D eigenvalue weighted by atomic mass is 9.87. The van der Waals surface area contributed by atoms with Gasteiger partial charge in [0.2, 0.25) is 0 Å². The fourth-order valence-corrected chi connectivity index (χ4v) is 11.7. The fourth-order valence-electron chi connectivity index (χ4n) is 4.86. The summed E-state index contributed by atoms with van der Waals surface area (Å²) in [4.78, 5) is 9.58. The minimum Gasteiger partial charge on any atom is -0.396 e. The first kappa shape index (κ1) is 21.6. The van der Waals surface area contributed by atoms with E-state index in [-0.39, 0.29) is 12.0 Å². The largest absolute Gasteiger partial charge is 0.396 e. The standard InChI is InChI=1S/C20H34BrN3OSi/c1-13(2)26(14(3)4,15(5)6)24-11-16(9-20(7,8)12-25)18-19(24)22-10-17(21)23-18/h10-11,13-15,25H,9,12H2,1-8H3. The number of fused-ring (bicyclic) bond motifs is 1. The van der Waals surface area contributed by atoms with E-state index in [9.17, 15) is 5.11 Å². The number of aliphatic hydroxyl groups excluding tert-OH is 1. The highest BCUT2D eigenvalue weighted by atomic mass is 79.9. The summed E-state index contributed by atoms with van der Waals surface area (Å²) in [5.41, 5.74) is 4.73. The van der Waals surface area contributed by atoms with Crippen molar-refractivity contribution in [1.29, 1.82) is 0 Å². The normalized spacial score (nSPS) is 13.6. The third-order valence-corrected chi connectivity index (χ3v) is 12.9. The maximum atomic E-state index is 9.77. The summed E-state index contributed by atoms with van der Waals surface area (Å²) in [6.07, 6.45) is 4.90. The zero-order valence-electron chi connectivity index (χ0n) is 17.5. The van der Waals surface area contributed by atoms with Crippen LogP contribution < -0.4 is 0 Å². The molecule has 0 bridgehead atoms. The summed E-state index contributed by atoms with van der Waals surface area (Å²) in [6.45, 7) is 18.5. The molecular formula is C20H34BrN3OSi. The molecular weight excluding hydrogens is 406 g/mol. The Hall–Kier alpha value is -0.723. The van der Waals surface area contributed by atoms with Crippen LogP contribution in [0.25, 0.3) is 11.2 Å². The molecule has 0 amide bonds. The molecule has 2 aromatic rings. The Bertz CT molecular complexity index is 746. The molecule has 0 spiro atoms. The number of hydrogen-bond acceptors (Lipinski definition) is 3. The zero-order chi connectivity index (χ0) is 19.9. The predicted octanol–water partition coefficient (Wildman–Crippen LogP) is 5.78. The third kappa shape index (κ3) is 3.65. The molecule has 2 aromatic heterocycles. The molecule has 26 heavy (non-hydrogen) atoms. The van der Waals surface area contributed by atoms with Gasteiger partial charge in [-0.2, -0.15) is 0 Å². The molecule has 0 radical (unpaired) electrons. The van der Waals surface area contributed by atoms with Crippen LogP contribution in [0.2, 0.25) is 16.6 Å². The molecule has 0 aliphatic rings. The smallest absolute Gasteiger partial charge is 0.171 e. The van der Waals surface area contributed by atoms with Gasteiger partial charge in [-0.05, 0) is 50.0 Å². The maximum absolute atomic E-state index is 9.77. The minimum absolute atomic E-state index is 0.155. The number of rotatable bonds is 7.